The number of nitrogens with one attached hydrogen (secondary N) is 2. The predicted molar refractivity (Wildman–Crippen MR) is 99.0 cm³/mol. The highest BCUT2D eigenvalue weighted by Crippen LogP contribution is 2.25. The molecule has 0 aromatic heterocycles. The third-order valence-corrected chi connectivity index (χ3v) is 4.92. The molecule has 1 heterocycles. The number of benzene rings is 1. The van der Waals surface area contributed by atoms with Crippen molar-refractivity contribution in [1.82, 2.24) is 15.5 Å². The molecule has 0 spiro atoms. The Morgan fingerprint density at radius 2 is 2.15 bits per heavy atom. The lowest BCUT2D eigenvalue weighted by molar-refractivity contribution is -0.134. The molecule has 26 heavy (non-hydrogen) atoms. The molecular formula is C19H29N3O4. The van der Waals surface area contributed by atoms with Crippen molar-refractivity contribution in [2.75, 3.05) is 33.4 Å². The molecular weight excluding hydrogens is 334 g/mol. The second-order valence-electron chi connectivity index (χ2n) is 6.59. The van der Waals surface area contributed by atoms with Gasteiger partial charge in [0.2, 0.25) is 11.8 Å². The first-order valence-electron chi connectivity index (χ1n) is 9.00. The number of hydrogen-bond acceptors (Lipinski definition) is 5. The molecule has 1 aromatic rings. The van der Waals surface area contributed by atoms with E-state index < -0.39 is 6.04 Å². The van der Waals surface area contributed by atoms with E-state index in [4.69, 9.17) is 9.84 Å². The quantitative estimate of drug-likeness (QED) is 0.585. The molecule has 1 aromatic carbocycles. The van der Waals surface area contributed by atoms with Crippen molar-refractivity contribution in [3.8, 4) is 5.75 Å². The van der Waals surface area contributed by atoms with Crippen molar-refractivity contribution in [2.24, 2.45) is 0 Å². The zero-order valence-corrected chi connectivity index (χ0v) is 15.8. The van der Waals surface area contributed by atoms with Crippen molar-refractivity contribution < 1.29 is 19.4 Å². The third-order valence-electron chi connectivity index (χ3n) is 4.92. The van der Waals surface area contributed by atoms with Gasteiger partial charge in [0, 0.05) is 32.8 Å². The van der Waals surface area contributed by atoms with Gasteiger partial charge in [-0.1, -0.05) is 6.07 Å². The first-order chi connectivity index (χ1) is 12.5. The van der Waals surface area contributed by atoms with Crippen LogP contribution in [-0.4, -0.2) is 61.2 Å². The molecule has 2 rings (SSSR count). The number of piperazine rings is 1. The van der Waals surface area contributed by atoms with Gasteiger partial charge in [0.15, 0.2) is 0 Å². The second-order valence-corrected chi connectivity index (χ2v) is 6.59. The van der Waals surface area contributed by atoms with E-state index in [0.717, 1.165) is 22.4 Å². The lowest BCUT2D eigenvalue weighted by Crippen LogP contribution is -2.56. The van der Waals surface area contributed by atoms with Gasteiger partial charge in [0.25, 0.3) is 0 Å². The first-order valence-corrected chi connectivity index (χ1v) is 9.00. The Balaban J connectivity index is 2.09. The van der Waals surface area contributed by atoms with E-state index in [2.05, 4.69) is 15.5 Å². The minimum atomic E-state index is -0.486. The molecule has 1 fully saturated rings. The van der Waals surface area contributed by atoms with Gasteiger partial charge >= 0.3 is 0 Å². The van der Waals surface area contributed by atoms with Crippen molar-refractivity contribution >= 4 is 11.8 Å². The highest BCUT2D eigenvalue weighted by atomic mass is 16.5. The minimum absolute atomic E-state index is 0.0341. The standard InChI is InChI=1S/C19H29N3O4/c1-13-14(2)17(26-3)6-5-15(13)12-22-9-8-21-19(25)16(22)11-18(24)20-7-4-10-23/h5-6,16,23H,4,7-12H2,1-3H3,(H,20,24)(H,21,25)/t16-/m0/s1. The van der Waals surface area contributed by atoms with Gasteiger partial charge in [0.05, 0.1) is 19.6 Å². The molecule has 1 aliphatic rings. The molecule has 0 unspecified atom stereocenters. The third kappa shape index (κ3) is 4.95. The zero-order valence-electron chi connectivity index (χ0n) is 15.8. The predicted octanol–water partition coefficient (Wildman–Crippen LogP) is 0.501. The second kappa shape index (κ2) is 9.54. The van der Waals surface area contributed by atoms with Gasteiger partial charge in [-0.15, -0.1) is 0 Å². The number of hydrogen-bond donors (Lipinski definition) is 3. The van der Waals surface area contributed by atoms with E-state index in [0.29, 0.717) is 32.6 Å². The number of methoxy groups -OCH3 is 1. The zero-order chi connectivity index (χ0) is 19.1. The van der Waals surface area contributed by atoms with Crippen molar-refractivity contribution in [3.63, 3.8) is 0 Å². The summed E-state index contributed by atoms with van der Waals surface area (Å²) in [5.41, 5.74) is 3.36. The molecule has 144 valence electrons. The van der Waals surface area contributed by atoms with Crippen LogP contribution in [0, 0.1) is 13.8 Å². The van der Waals surface area contributed by atoms with Crippen LogP contribution >= 0.6 is 0 Å². The van der Waals surface area contributed by atoms with Crippen LogP contribution in [0.1, 0.15) is 29.5 Å². The fraction of sp³-hybridized carbons (Fsp3) is 0.579. The van der Waals surface area contributed by atoms with Gasteiger partial charge in [-0.25, -0.2) is 0 Å². The summed E-state index contributed by atoms with van der Waals surface area (Å²) in [5.74, 6) is 0.562. The highest BCUT2D eigenvalue weighted by molar-refractivity contribution is 5.88. The lowest BCUT2D eigenvalue weighted by Gasteiger charge is -2.35. The Morgan fingerprint density at radius 3 is 2.85 bits per heavy atom. The smallest absolute Gasteiger partial charge is 0.237 e. The summed E-state index contributed by atoms with van der Waals surface area (Å²) < 4.78 is 5.36. The van der Waals surface area contributed by atoms with E-state index >= 15 is 0 Å². The molecule has 2 amide bonds. The Morgan fingerprint density at radius 1 is 1.38 bits per heavy atom. The van der Waals surface area contributed by atoms with Crippen LogP contribution in [-0.2, 0) is 16.1 Å². The van der Waals surface area contributed by atoms with Gasteiger partial charge in [-0.2, -0.15) is 0 Å². The number of rotatable bonds is 8. The fourth-order valence-corrected chi connectivity index (χ4v) is 3.19. The minimum Gasteiger partial charge on any atom is -0.496 e. The topological polar surface area (TPSA) is 90.9 Å². The van der Waals surface area contributed by atoms with Crippen LogP contribution in [0.4, 0.5) is 0 Å². The largest absolute Gasteiger partial charge is 0.496 e. The van der Waals surface area contributed by atoms with Crippen LogP contribution in [0.25, 0.3) is 0 Å². The van der Waals surface area contributed by atoms with Crippen LogP contribution in [0.3, 0.4) is 0 Å². The number of aliphatic hydroxyl groups excluding tert-OH is 1. The van der Waals surface area contributed by atoms with Crippen molar-refractivity contribution in [3.05, 3.63) is 28.8 Å². The Hall–Kier alpha value is -2.12. The molecule has 0 bridgehead atoms. The SMILES string of the molecule is COc1ccc(CN2CCNC(=O)[C@@H]2CC(=O)NCCCO)c(C)c1C. The summed E-state index contributed by atoms with van der Waals surface area (Å²) >= 11 is 0. The monoisotopic (exact) mass is 363 g/mol. The van der Waals surface area contributed by atoms with Crippen LogP contribution in [0.5, 0.6) is 5.75 Å². The molecule has 7 heteroatoms. The van der Waals surface area contributed by atoms with Crippen LogP contribution < -0.4 is 15.4 Å². The molecule has 1 atom stereocenters. The number of aliphatic hydroxyl groups is 1. The molecule has 1 aliphatic heterocycles. The molecule has 7 nitrogen and oxygen atoms in total. The average molecular weight is 363 g/mol. The number of amides is 2. The van der Waals surface area contributed by atoms with Crippen LogP contribution in [0.2, 0.25) is 0 Å². The Kier molecular flexibility index (Phi) is 7.41. The van der Waals surface area contributed by atoms with E-state index in [1.54, 1.807) is 7.11 Å². The first kappa shape index (κ1) is 20.2. The maximum Gasteiger partial charge on any atom is 0.237 e. The average Bonchev–Trinajstić information content (AvgIpc) is 2.62. The summed E-state index contributed by atoms with van der Waals surface area (Å²) in [6.45, 7) is 6.41. The Labute approximate surface area is 154 Å². The van der Waals surface area contributed by atoms with Gasteiger partial charge in [-0.05, 0) is 43.0 Å². The summed E-state index contributed by atoms with van der Waals surface area (Å²) in [4.78, 5) is 26.5. The van der Waals surface area contributed by atoms with Crippen molar-refractivity contribution in [1.29, 1.82) is 0 Å². The fourth-order valence-electron chi connectivity index (χ4n) is 3.19. The summed E-state index contributed by atoms with van der Waals surface area (Å²) in [6.07, 6.45) is 0.627. The number of nitrogens with zero attached hydrogens (tertiary/aromatic N) is 1. The summed E-state index contributed by atoms with van der Waals surface area (Å²) in [6, 6.07) is 3.48. The number of ether oxygens (including phenoxy) is 1. The number of carbonyl (C=O) groups excluding carboxylic acids is 2. The van der Waals surface area contributed by atoms with E-state index in [1.165, 1.54) is 0 Å². The van der Waals surface area contributed by atoms with Crippen molar-refractivity contribution in [2.45, 2.75) is 39.3 Å². The molecule has 3 N–H and O–H groups in total. The normalized spacial score (nSPS) is 17.7. The lowest BCUT2D eigenvalue weighted by atomic mass is 10.00. The van der Waals surface area contributed by atoms with Gasteiger partial charge in [0.1, 0.15) is 5.75 Å². The molecule has 0 radical (unpaired) electrons. The summed E-state index contributed by atoms with van der Waals surface area (Å²) in [7, 11) is 1.65. The Bertz CT molecular complexity index is 648. The van der Waals surface area contributed by atoms with E-state index in [1.807, 2.05) is 26.0 Å². The van der Waals surface area contributed by atoms with E-state index in [9.17, 15) is 9.59 Å². The summed E-state index contributed by atoms with van der Waals surface area (Å²) in [5, 5.41) is 14.4. The van der Waals surface area contributed by atoms with Crippen LogP contribution in [0.15, 0.2) is 12.1 Å². The molecule has 1 saturated heterocycles. The highest BCUT2D eigenvalue weighted by Gasteiger charge is 2.31. The molecule has 0 saturated carbocycles. The van der Waals surface area contributed by atoms with Gasteiger partial charge < -0.3 is 20.5 Å². The maximum absolute atomic E-state index is 12.3. The van der Waals surface area contributed by atoms with Gasteiger partial charge in [-0.3, -0.25) is 14.5 Å². The molecule has 0 aliphatic carbocycles. The van der Waals surface area contributed by atoms with E-state index in [-0.39, 0.29) is 24.8 Å². The maximum atomic E-state index is 12.3. The number of carbonyl (C=O) groups is 2.